The highest BCUT2D eigenvalue weighted by atomic mass is 19.4. The Morgan fingerprint density at radius 3 is 2.62 bits per heavy atom. The van der Waals surface area contributed by atoms with Crippen molar-refractivity contribution in [3.8, 4) is 0 Å². The van der Waals surface area contributed by atoms with E-state index >= 15 is 0 Å². The predicted molar refractivity (Wildman–Crippen MR) is 74.8 cm³/mol. The third-order valence-electron chi connectivity index (χ3n) is 3.70. The fraction of sp³-hybridized carbons (Fsp3) is 0.267. The van der Waals surface area contributed by atoms with Gasteiger partial charge in [-0.25, -0.2) is 4.98 Å². The minimum atomic E-state index is -4.35. The molecule has 110 valence electrons. The fourth-order valence-electron chi connectivity index (χ4n) is 2.58. The van der Waals surface area contributed by atoms with Crippen LogP contribution in [0, 0.1) is 0 Å². The largest absolute Gasteiger partial charge is 0.417 e. The van der Waals surface area contributed by atoms with Crippen LogP contribution in [0.3, 0.4) is 0 Å². The summed E-state index contributed by atoms with van der Waals surface area (Å²) in [6, 6.07) is 8.22. The van der Waals surface area contributed by atoms with Crippen LogP contribution in [-0.4, -0.2) is 11.5 Å². The molecule has 0 radical (unpaired) electrons. The van der Waals surface area contributed by atoms with Gasteiger partial charge in [0.15, 0.2) is 0 Å². The topological polar surface area (TPSA) is 42.1 Å². The van der Waals surface area contributed by atoms with Gasteiger partial charge >= 0.3 is 6.18 Å². The molecule has 0 amide bonds. The molecule has 2 N–H and O–H groups in total. The quantitative estimate of drug-likeness (QED) is 0.821. The number of hydrogen-bond donors (Lipinski definition) is 1. The van der Waals surface area contributed by atoms with E-state index in [0.717, 1.165) is 35.5 Å². The van der Waals surface area contributed by atoms with E-state index in [1.807, 2.05) is 23.1 Å². The summed E-state index contributed by atoms with van der Waals surface area (Å²) in [5.74, 6) is 0.552. The maximum Gasteiger partial charge on any atom is 0.417 e. The molecule has 21 heavy (non-hydrogen) atoms. The molecule has 0 atom stereocenters. The number of anilines is 2. The molecule has 0 saturated carbocycles. The number of nitrogens with two attached hydrogens (primary N) is 1. The first-order chi connectivity index (χ1) is 9.95. The lowest BCUT2D eigenvalue weighted by molar-refractivity contribution is -0.137. The van der Waals surface area contributed by atoms with Crippen LogP contribution >= 0.6 is 0 Å². The molecule has 1 aromatic heterocycles. The number of aromatic nitrogens is 1. The van der Waals surface area contributed by atoms with E-state index < -0.39 is 11.7 Å². The van der Waals surface area contributed by atoms with Crippen molar-refractivity contribution in [2.75, 3.05) is 17.2 Å². The number of benzene rings is 1. The Labute approximate surface area is 120 Å². The van der Waals surface area contributed by atoms with Gasteiger partial charge in [-0.1, -0.05) is 12.1 Å². The number of alkyl halides is 3. The first-order valence-electron chi connectivity index (χ1n) is 6.59. The summed E-state index contributed by atoms with van der Waals surface area (Å²) >= 11 is 0. The highest BCUT2D eigenvalue weighted by Gasteiger charge is 2.31. The lowest BCUT2D eigenvalue weighted by atomic mass is 9.98. The molecular formula is C15H14F3N3. The molecule has 0 fully saturated rings. The zero-order valence-electron chi connectivity index (χ0n) is 11.2. The van der Waals surface area contributed by atoms with Gasteiger partial charge < -0.3 is 10.6 Å². The number of pyridine rings is 1. The highest BCUT2D eigenvalue weighted by Crippen LogP contribution is 2.31. The van der Waals surface area contributed by atoms with E-state index in [1.165, 1.54) is 6.07 Å². The van der Waals surface area contributed by atoms with Gasteiger partial charge in [-0.15, -0.1) is 0 Å². The molecule has 1 aromatic carbocycles. The molecule has 3 nitrogen and oxygen atoms in total. The molecule has 1 aliphatic rings. The van der Waals surface area contributed by atoms with Gasteiger partial charge in [-0.2, -0.15) is 13.2 Å². The van der Waals surface area contributed by atoms with E-state index in [9.17, 15) is 13.2 Å². The van der Waals surface area contributed by atoms with Gasteiger partial charge in [0.25, 0.3) is 0 Å². The van der Waals surface area contributed by atoms with Crippen molar-refractivity contribution < 1.29 is 13.2 Å². The molecule has 0 aliphatic carbocycles. The standard InChI is InChI=1S/C15H14F3N3/c16-15(17,18)11-4-5-14(20-8-11)21-7-6-12-10(9-21)2-1-3-13(12)19/h1-5,8H,6-7,9,19H2. The Balaban J connectivity index is 1.83. The number of nitrogens with zero attached hydrogens (tertiary/aromatic N) is 2. The van der Waals surface area contributed by atoms with Gasteiger partial charge in [0.1, 0.15) is 5.82 Å². The molecule has 0 spiro atoms. The van der Waals surface area contributed by atoms with Crippen LogP contribution in [0.15, 0.2) is 36.5 Å². The molecule has 0 saturated heterocycles. The zero-order chi connectivity index (χ0) is 15.0. The summed E-state index contributed by atoms with van der Waals surface area (Å²) in [5, 5.41) is 0. The van der Waals surface area contributed by atoms with Crippen LogP contribution < -0.4 is 10.6 Å². The van der Waals surface area contributed by atoms with Crippen molar-refractivity contribution >= 4 is 11.5 Å². The summed E-state index contributed by atoms with van der Waals surface area (Å²) in [4.78, 5) is 5.90. The van der Waals surface area contributed by atoms with E-state index in [-0.39, 0.29) is 0 Å². The Kier molecular flexibility index (Phi) is 3.23. The van der Waals surface area contributed by atoms with E-state index in [0.29, 0.717) is 18.9 Å². The number of rotatable bonds is 1. The number of halogens is 3. The van der Waals surface area contributed by atoms with Gasteiger partial charge in [-0.3, -0.25) is 0 Å². The Morgan fingerprint density at radius 1 is 1.14 bits per heavy atom. The summed E-state index contributed by atoms with van der Waals surface area (Å²) in [6.07, 6.45) is -2.70. The second kappa shape index (κ2) is 4.95. The van der Waals surface area contributed by atoms with Crippen molar-refractivity contribution in [1.29, 1.82) is 0 Å². The lowest BCUT2D eigenvalue weighted by Gasteiger charge is -2.30. The van der Waals surface area contributed by atoms with Crippen LogP contribution in [0.1, 0.15) is 16.7 Å². The molecule has 2 aromatic rings. The van der Waals surface area contributed by atoms with Gasteiger partial charge in [0.2, 0.25) is 0 Å². The molecule has 1 aliphatic heterocycles. The van der Waals surface area contributed by atoms with Gasteiger partial charge in [0.05, 0.1) is 5.56 Å². The monoisotopic (exact) mass is 293 g/mol. The summed E-state index contributed by atoms with van der Waals surface area (Å²) < 4.78 is 37.6. The van der Waals surface area contributed by atoms with Gasteiger partial charge in [0, 0.05) is 25.0 Å². The van der Waals surface area contributed by atoms with E-state index in [2.05, 4.69) is 4.98 Å². The molecule has 2 heterocycles. The van der Waals surface area contributed by atoms with Gasteiger partial charge in [-0.05, 0) is 35.7 Å². The van der Waals surface area contributed by atoms with E-state index in [4.69, 9.17) is 5.73 Å². The Hall–Kier alpha value is -2.24. The highest BCUT2D eigenvalue weighted by molar-refractivity contribution is 5.55. The maximum atomic E-state index is 12.5. The third kappa shape index (κ3) is 2.66. The maximum absolute atomic E-state index is 12.5. The van der Waals surface area contributed by atoms with Crippen molar-refractivity contribution in [2.24, 2.45) is 0 Å². The Bertz CT molecular complexity index is 650. The fourth-order valence-corrected chi connectivity index (χ4v) is 2.58. The third-order valence-corrected chi connectivity index (χ3v) is 3.70. The number of hydrogen-bond acceptors (Lipinski definition) is 3. The Morgan fingerprint density at radius 2 is 1.95 bits per heavy atom. The van der Waals surface area contributed by atoms with Crippen molar-refractivity contribution in [3.05, 3.63) is 53.2 Å². The van der Waals surface area contributed by atoms with E-state index in [1.54, 1.807) is 0 Å². The molecule has 0 bridgehead atoms. The second-order valence-electron chi connectivity index (χ2n) is 5.06. The lowest BCUT2D eigenvalue weighted by Crippen LogP contribution is -2.31. The molecule has 0 unspecified atom stereocenters. The van der Waals surface area contributed by atoms with Crippen LogP contribution in [0.2, 0.25) is 0 Å². The van der Waals surface area contributed by atoms with Crippen molar-refractivity contribution in [3.63, 3.8) is 0 Å². The number of fused-ring (bicyclic) bond motifs is 1. The smallest absolute Gasteiger partial charge is 0.398 e. The SMILES string of the molecule is Nc1cccc2c1CCN(c1ccc(C(F)(F)F)cn1)C2. The molecule has 6 heteroatoms. The summed E-state index contributed by atoms with van der Waals surface area (Å²) in [7, 11) is 0. The average molecular weight is 293 g/mol. The first kappa shape index (κ1) is 13.7. The van der Waals surface area contributed by atoms with Crippen LogP contribution in [0.4, 0.5) is 24.7 Å². The minimum Gasteiger partial charge on any atom is -0.398 e. The zero-order valence-corrected chi connectivity index (χ0v) is 11.2. The first-order valence-corrected chi connectivity index (χ1v) is 6.59. The molecular weight excluding hydrogens is 279 g/mol. The van der Waals surface area contributed by atoms with Crippen LogP contribution in [-0.2, 0) is 19.1 Å². The van der Waals surface area contributed by atoms with Crippen LogP contribution in [0.25, 0.3) is 0 Å². The van der Waals surface area contributed by atoms with Crippen molar-refractivity contribution in [1.82, 2.24) is 4.98 Å². The summed E-state index contributed by atoms with van der Waals surface area (Å²) in [6.45, 7) is 1.30. The van der Waals surface area contributed by atoms with Crippen LogP contribution in [0.5, 0.6) is 0 Å². The number of nitrogen functional groups attached to an aromatic ring is 1. The van der Waals surface area contributed by atoms with Crippen molar-refractivity contribution in [2.45, 2.75) is 19.1 Å². The second-order valence-corrected chi connectivity index (χ2v) is 5.06. The average Bonchev–Trinajstić information content (AvgIpc) is 2.46. The summed E-state index contributed by atoms with van der Waals surface area (Å²) in [5.41, 5.74) is 8.20. The normalized spacial score (nSPS) is 14.9. The molecule has 3 rings (SSSR count). The minimum absolute atomic E-state index is 0.552. The predicted octanol–water partition coefficient (Wildman–Crippen LogP) is 3.25.